The van der Waals surface area contributed by atoms with E-state index in [1.807, 2.05) is 38.3 Å². The van der Waals surface area contributed by atoms with Crippen molar-refractivity contribution in [3.05, 3.63) is 83.0 Å². The van der Waals surface area contributed by atoms with Crippen LogP contribution in [0.15, 0.2) is 60.9 Å². The normalized spacial score (nSPS) is 15.3. The molecule has 2 N–H and O–H groups in total. The molecule has 0 spiro atoms. The van der Waals surface area contributed by atoms with Crippen molar-refractivity contribution in [1.29, 1.82) is 0 Å². The van der Waals surface area contributed by atoms with Crippen LogP contribution in [0.4, 0.5) is 20.8 Å². The Balaban J connectivity index is 1.30. The number of fused-ring (bicyclic) bond motifs is 3. The Morgan fingerprint density at radius 1 is 1.09 bits per heavy atom. The van der Waals surface area contributed by atoms with Gasteiger partial charge in [-0.1, -0.05) is 35.9 Å². The summed E-state index contributed by atoms with van der Waals surface area (Å²) in [5.41, 5.74) is 2.66. The van der Waals surface area contributed by atoms with E-state index in [1.165, 1.54) is 12.1 Å². The third-order valence-corrected chi connectivity index (χ3v) is 7.84. The van der Waals surface area contributed by atoms with Gasteiger partial charge in [0.2, 0.25) is 5.95 Å². The van der Waals surface area contributed by atoms with Crippen molar-refractivity contribution in [3.8, 4) is 11.1 Å². The zero-order valence-corrected chi connectivity index (χ0v) is 26.2. The molecule has 1 fully saturated rings. The highest BCUT2D eigenvalue weighted by molar-refractivity contribution is 6.39. The molecule has 2 aromatic carbocycles. The number of anilines is 2. The number of rotatable bonds is 5. The van der Waals surface area contributed by atoms with E-state index in [-0.39, 0.29) is 17.8 Å². The molecule has 0 radical (unpaired) electrons. The van der Waals surface area contributed by atoms with E-state index in [9.17, 15) is 9.59 Å². The van der Waals surface area contributed by atoms with Gasteiger partial charge >= 0.3 is 6.09 Å². The summed E-state index contributed by atoms with van der Waals surface area (Å²) in [6.07, 6.45) is 4.78. The van der Waals surface area contributed by atoms with E-state index in [2.05, 4.69) is 15.6 Å². The van der Waals surface area contributed by atoms with Gasteiger partial charge in [-0.2, -0.15) is 4.98 Å². The fraction of sp³-hybridized carbons (Fsp3) is 0.303. The van der Waals surface area contributed by atoms with E-state index in [0.717, 1.165) is 18.5 Å². The number of aryl methyl sites for hydroxylation is 1. The van der Waals surface area contributed by atoms with Gasteiger partial charge in [-0.3, -0.25) is 9.20 Å². The van der Waals surface area contributed by atoms with Crippen LogP contribution in [-0.4, -0.2) is 61.0 Å². The van der Waals surface area contributed by atoms with E-state index < -0.39 is 17.3 Å². The zero-order valence-electron chi connectivity index (χ0n) is 25.4. The number of benzene rings is 2. The van der Waals surface area contributed by atoms with E-state index in [0.29, 0.717) is 57.4 Å². The number of nitrogens with one attached hydrogen (secondary N) is 2. The third-order valence-electron chi connectivity index (χ3n) is 7.45. The molecule has 4 heterocycles. The summed E-state index contributed by atoms with van der Waals surface area (Å²) in [5, 5.41) is 6.87. The van der Waals surface area contributed by atoms with Crippen LogP contribution in [0.3, 0.4) is 0 Å². The molecule has 0 aliphatic carbocycles. The number of imidazole rings is 1. The Morgan fingerprint density at radius 2 is 1.87 bits per heavy atom. The Bertz CT molecular complexity index is 1920. The number of nitrogens with zero attached hydrogens (tertiary/aromatic N) is 5. The zero-order chi connectivity index (χ0) is 31.9. The van der Waals surface area contributed by atoms with Crippen LogP contribution in [0.5, 0.6) is 0 Å². The summed E-state index contributed by atoms with van der Waals surface area (Å²) in [4.78, 5) is 41.0. The smallest absolute Gasteiger partial charge is 0.410 e. The van der Waals surface area contributed by atoms with Crippen molar-refractivity contribution in [2.24, 2.45) is 0 Å². The first-order valence-corrected chi connectivity index (χ1v) is 15.1. The highest BCUT2D eigenvalue weighted by Gasteiger charge is 2.28. The number of pyridine rings is 1. The summed E-state index contributed by atoms with van der Waals surface area (Å²) < 4.78 is 22.7. The molecule has 0 saturated carbocycles. The largest absolute Gasteiger partial charge is 0.444 e. The Morgan fingerprint density at radius 3 is 2.60 bits per heavy atom. The molecule has 1 aliphatic heterocycles. The average molecular weight is 630 g/mol. The van der Waals surface area contributed by atoms with Gasteiger partial charge in [0.25, 0.3) is 5.91 Å². The number of amides is 2. The number of halogens is 2. The quantitative estimate of drug-likeness (QED) is 0.213. The first kappa shape index (κ1) is 30.3. The third kappa shape index (κ3) is 6.39. The lowest BCUT2D eigenvalue weighted by atomic mass is 10.0. The predicted octanol–water partition coefficient (Wildman–Crippen LogP) is 7.11. The Labute approximate surface area is 264 Å². The minimum absolute atomic E-state index is 0.0482. The van der Waals surface area contributed by atoms with Crippen LogP contribution in [0.2, 0.25) is 5.02 Å². The Kier molecular flexibility index (Phi) is 8.05. The molecule has 5 aromatic rings. The molecular formula is C33H33ClFN7O3. The van der Waals surface area contributed by atoms with Gasteiger partial charge in [0.05, 0.1) is 21.8 Å². The van der Waals surface area contributed by atoms with Crippen LogP contribution in [0.25, 0.3) is 27.8 Å². The van der Waals surface area contributed by atoms with Crippen LogP contribution in [0.1, 0.15) is 49.7 Å². The summed E-state index contributed by atoms with van der Waals surface area (Å²) in [6.45, 7) is 8.48. The standard InChI is InChI=1S/C33H33ClFN7O3/c1-19-17-42-28-23(16-36-31(40-28)38-22-11-8-14-41(18-22)32(44)45-33(2,3)4)27(34)26(29(42)37-19)21-12-13-25(24(35)15-21)39-30(43)20-9-6-5-7-10-20/h5-7,9-10,12-13,15-17,22H,8,11,14,18H2,1-4H3,(H,39,43)(H,36,38,40). The average Bonchev–Trinajstić information content (AvgIpc) is 3.39. The topological polar surface area (TPSA) is 114 Å². The van der Waals surface area contributed by atoms with Crippen molar-refractivity contribution >= 4 is 51.9 Å². The van der Waals surface area contributed by atoms with Crippen LogP contribution < -0.4 is 10.6 Å². The van der Waals surface area contributed by atoms with Crippen LogP contribution in [-0.2, 0) is 4.74 Å². The van der Waals surface area contributed by atoms with Crippen LogP contribution >= 0.6 is 11.6 Å². The van der Waals surface area contributed by atoms with Gasteiger partial charge in [0.15, 0.2) is 5.65 Å². The van der Waals surface area contributed by atoms with Crippen molar-refractivity contribution in [2.45, 2.75) is 52.2 Å². The molecule has 2 amide bonds. The van der Waals surface area contributed by atoms with E-state index >= 15 is 4.39 Å². The number of hydrogen-bond donors (Lipinski definition) is 2. The van der Waals surface area contributed by atoms with E-state index in [1.54, 1.807) is 47.5 Å². The first-order valence-electron chi connectivity index (χ1n) is 14.7. The van der Waals surface area contributed by atoms with Gasteiger partial charge < -0.3 is 20.3 Å². The fourth-order valence-corrected chi connectivity index (χ4v) is 5.76. The minimum Gasteiger partial charge on any atom is -0.444 e. The molecular weight excluding hydrogens is 597 g/mol. The van der Waals surface area contributed by atoms with Crippen LogP contribution in [0, 0.1) is 12.7 Å². The molecule has 232 valence electrons. The Hall–Kier alpha value is -4.77. The lowest BCUT2D eigenvalue weighted by molar-refractivity contribution is 0.0206. The molecule has 12 heteroatoms. The highest BCUT2D eigenvalue weighted by atomic mass is 35.5. The molecule has 1 saturated heterocycles. The summed E-state index contributed by atoms with van der Waals surface area (Å²) >= 11 is 6.97. The second kappa shape index (κ2) is 12.0. The number of carbonyl (C=O) groups is 2. The number of carbonyl (C=O) groups excluding carboxylic acids is 2. The number of ether oxygens (including phenoxy) is 1. The second-order valence-electron chi connectivity index (χ2n) is 12.1. The highest BCUT2D eigenvalue weighted by Crippen LogP contribution is 2.38. The molecule has 6 rings (SSSR count). The van der Waals surface area contributed by atoms with Crippen molar-refractivity contribution < 1.29 is 18.7 Å². The number of hydrogen-bond acceptors (Lipinski definition) is 7. The number of aromatic nitrogens is 4. The maximum absolute atomic E-state index is 15.3. The van der Waals surface area contributed by atoms with Gasteiger partial charge in [-0.05, 0) is 70.4 Å². The maximum atomic E-state index is 15.3. The molecule has 1 atom stereocenters. The number of piperidine rings is 1. The van der Waals surface area contributed by atoms with Gasteiger partial charge in [-0.25, -0.2) is 19.2 Å². The summed E-state index contributed by atoms with van der Waals surface area (Å²) in [7, 11) is 0. The predicted molar refractivity (Wildman–Crippen MR) is 172 cm³/mol. The summed E-state index contributed by atoms with van der Waals surface area (Å²) in [6, 6.07) is 13.1. The SMILES string of the molecule is Cc1cn2c(n1)c(-c1ccc(NC(=O)c3ccccc3)c(F)c1)c(Cl)c1cnc(NC3CCCN(C(=O)OC(C)(C)C)C3)nc12. The van der Waals surface area contributed by atoms with Crippen molar-refractivity contribution in [3.63, 3.8) is 0 Å². The molecule has 1 aliphatic rings. The van der Waals surface area contributed by atoms with Gasteiger partial charge in [-0.15, -0.1) is 0 Å². The molecule has 0 bridgehead atoms. The fourth-order valence-electron chi connectivity index (χ4n) is 5.43. The summed E-state index contributed by atoms with van der Waals surface area (Å²) in [5.74, 6) is -0.637. The maximum Gasteiger partial charge on any atom is 0.410 e. The molecule has 10 nitrogen and oxygen atoms in total. The lowest BCUT2D eigenvalue weighted by Crippen LogP contribution is -2.47. The second-order valence-corrected chi connectivity index (χ2v) is 12.5. The lowest BCUT2D eigenvalue weighted by Gasteiger charge is -2.34. The molecule has 1 unspecified atom stereocenters. The monoisotopic (exact) mass is 629 g/mol. The minimum atomic E-state index is -0.613. The van der Waals surface area contributed by atoms with E-state index in [4.69, 9.17) is 26.3 Å². The van der Waals surface area contributed by atoms with Gasteiger partial charge in [0.1, 0.15) is 17.1 Å². The van der Waals surface area contributed by atoms with Gasteiger partial charge in [0, 0.05) is 42.7 Å². The first-order chi connectivity index (χ1) is 21.5. The number of likely N-dealkylation sites (tertiary alicyclic amines) is 1. The van der Waals surface area contributed by atoms with Crippen molar-refractivity contribution in [1.82, 2.24) is 24.3 Å². The molecule has 3 aromatic heterocycles. The van der Waals surface area contributed by atoms with Crippen molar-refractivity contribution in [2.75, 3.05) is 23.7 Å². The molecule has 45 heavy (non-hydrogen) atoms.